The summed E-state index contributed by atoms with van der Waals surface area (Å²) in [6.07, 6.45) is 7.97. The van der Waals surface area contributed by atoms with Crippen molar-refractivity contribution in [1.82, 2.24) is 4.57 Å². The highest BCUT2D eigenvalue weighted by Crippen LogP contribution is 2.36. The van der Waals surface area contributed by atoms with Crippen molar-refractivity contribution in [2.45, 2.75) is 25.7 Å². The number of benzene rings is 1. The number of halogens is 2. The molecule has 0 spiro atoms. The molecule has 1 aromatic heterocycles. The van der Waals surface area contributed by atoms with Crippen LogP contribution in [0.3, 0.4) is 0 Å². The molecule has 5 heteroatoms. The van der Waals surface area contributed by atoms with Gasteiger partial charge in [-0.2, -0.15) is 0 Å². The number of hydrogen-bond donors (Lipinski definition) is 0. The van der Waals surface area contributed by atoms with E-state index in [2.05, 4.69) is 6.08 Å². The Kier molecular flexibility index (Phi) is 4.55. The SMILES string of the molecule is O=c1ccc(Oc2c(Cl)cccc2Cl)cn1C1=CCCCC1. The van der Waals surface area contributed by atoms with E-state index in [0.717, 1.165) is 25.0 Å². The topological polar surface area (TPSA) is 31.2 Å². The van der Waals surface area contributed by atoms with E-state index in [1.165, 1.54) is 12.5 Å². The molecule has 114 valence electrons. The lowest BCUT2D eigenvalue weighted by Gasteiger charge is -2.16. The highest BCUT2D eigenvalue weighted by molar-refractivity contribution is 6.37. The molecule has 0 bridgehead atoms. The third-order valence-corrected chi connectivity index (χ3v) is 4.19. The molecule has 0 fully saturated rings. The van der Waals surface area contributed by atoms with E-state index in [0.29, 0.717) is 21.5 Å². The molecule has 3 rings (SSSR count). The number of rotatable bonds is 3. The maximum Gasteiger partial charge on any atom is 0.255 e. The molecule has 0 atom stereocenters. The number of aromatic nitrogens is 1. The third kappa shape index (κ3) is 3.21. The quantitative estimate of drug-likeness (QED) is 0.755. The lowest BCUT2D eigenvalue weighted by molar-refractivity contribution is 0.478. The Morgan fingerprint density at radius 1 is 1.05 bits per heavy atom. The van der Waals surface area contributed by atoms with Crippen LogP contribution < -0.4 is 10.3 Å². The van der Waals surface area contributed by atoms with Crippen LogP contribution in [0.25, 0.3) is 5.70 Å². The van der Waals surface area contributed by atoms with Gasteiger partial charge >= 0.3 is 0 Å². The van der Waals surface area contributed by atoms with Crippen LogP contribution in [0.1, 0.15) is 25.7 Å². The van der Waals surface area contributed by atoms with Gasteiger partial charge in [-0.3, -0.25) is 9.36 Å². The number of ether oxygens (including phenoxy) is 1. The Hall–Kier alpha value is -1.71. The van der Waals surface area contributed by atoms with E-state index in [1.807, 2.05) is 0 Å². The Balaban J connectivity index is 1.96. The van der Waals surface area contributed by atoms with Crippen LogP contribution in [-0.2, 0) is 0 Å². The number of nitrogens with zero attached hydrogens (tertiary/aromatic N) is 1. The van der Waals surface area contributed by atoms with Gasteiger partial charge in [-0.25, -0.2) is 0 Å². The molecule has 2 aromatic rings. The molecule has 22 heavy (non-hydrogen) atoms. The van der Waals surface area contributed by atoms with E-state index in [9.17, 15) is 4.79 Å². The van der Waals surface area contributed by atoms with Crippen molar-refractivity contribution < 1.29 is 4.74 Å². The average Bonchev–Trinajstić information content (AvgIpc) is 2.53. The minimum absolute atomic E-state index is 0.0641. The fraction of sp³-hybridized carbons (Fsp3) is 0.235. The van der Waals surface area contributed by atoms with E-state index >= 15 is 0 Å². The summed E-state index contributed by atoms with van der Waals surface area (Å²) in [4.78, 5) is 12.1. The monoisotopic (exact) mass is 335 g/mol. The number of allylic oxidation sites excluding steroid dienone is 2. The van der Waals surface area contributed by atoms with Crippen LogP contribution >= 0.6 is 23.2 Å². The van der Waals surface area contributed by atoms with E-state index in [1.54, 1.807) is 35.0 Å². The molecule has 0 radical (unpaired) electrons. The Labute approximate surface area is 138 Å². The molecular weight excluding hydrogens is 321 g/mol. The predicted molar refractivity (Wildman–Crippen MR) is 90.0 cm³/mol. The highest BCUT2D eigenvalue weighted by atomic mass is 35.5. The van der Waals surface area contributed by atoms with Gasteiger partial charge in [0.1, 0.15) is 5.75 Å². The van der Waals surface area contributed by atoms with Crippen LogP contribution in [0.15, 0.2) is 47.4 Å². The predicted octanol–water partition coefficient (Wildman–Crippen LogP) is 5.36. The Bertz CT molecular complexity index is 760. The zero-order chi connectivity index (χ0) is 15.5. The molecular formula is C17H15Cl2NO2. The van der Waals surface area contributed by atoms with Crippen LogP contribution in [0, 0.1) is 0 Å². The fourth-order valence-corrected chi connectivity index (χ4v) is 2.96. The molecule has 0 unspecified atom stereocenters. The van der Waals surface area contributed by atoms with Gasteiger partial charge < -0.3 is 4.74 Å². The summed E-state index contributed by atoms with van der Waals surface area (Å²) in [6, 6.07) is 8.30. The maximum atomic E-state index is 12.1. The summed E-state index contributed by atoms with van der Waals surface area (Å²) in [6.45, 7) is 0. The third-order valence-electron chi connectivity index (χ3n) is 3.60. The first kappa shape index (κ1) is 15.2. The standard InChI is InChI=1S/C17H15Cl2NO2/c18-14-7-4-8-15(19)17(14)22-13-9-10-16(21)20(11-13)12-5-2-1-3-6-12/h4-5,7-11H,1-3,6H2. The molecule has 0 N–H and O–H groups in total. The van der Waals surface area contributed by atoms with Crippen molar-refractivity contribution in [2.24, 2.45) is 0 Å². The van der Waals surface area contributed by atoms with Crippen molar-refractivity contribution in [1.29, 1.82) is 0 Å². The molecule has 0 aliphatic heterocycles. The number of pyridine rings is 1. The van der Waals surface area contributed by atoms with Gasteiger partial charge in [0.25, 0.3) is 5.56 Å². The number of hydrogen-bond acceptors (Lipinski definition) is 2. The summed E-state index contributed by atoms with van der Waals surface area (Å²) in [5, 5.41) is 0.865. The molecule has 0 saturated carbocycles. The van der Waals surface area contributed by atoms with Crippen molar-refractivity contribution in [2.75, 3.05) is 0 Å². The van der Waals surface area contributed by atoms with Crippen molar-refractivity contribution in [3.8, 4) is 11.5 Å². The van der Waals surface area contributed by atoms with Gasteiger partial charge in [-0.15, -0.1) is 0 Å². The van der Waals surface area contributed by atoms with Gasteiger partial charge in [-0.1, -0.05) is 35.3 Å². The van der Waals surface area contributed by atoms with Crippen molar-refractivity contribution in [3.05, 3.63) is 63.0 Å². The molecule has 1 aromatic carbocycles. The summed E-state index contributed by atoms with van der Waals surface area (Å²) < 4.78 is 7.41. The average molecular weight is 336 g/mol. The van der Waals surface area contributed by atoms with Crippen molar-refractivity contribution >= 4 is 28.9 Å². The molecule has 0 saturated heterocycles. The number of para-hydroxylation sites is 1. The van der Waals surface area contributed by atoms with E-state index in [-0.39, 0.29) is 5.56 Å². The normalized spacial score (nSPS) is 14.5. The molecule has 1 aliphatic rings. The minimum atomic E-state index is -0.0641. The van der Waals surface area contributed by atoms with Gasteiger partial charge in [0.15, 0.2) is 5.75 Å². The first-order valence-electron chi connectivity index (χ1n) is 7.19. The summed E-state index contributed by atoms with van der Waals surface area (Å²) >= 11 is 12.2. The first-order chi connectivity index (χ1) is 10.6. The summed E-state index contributed by atoms with van der Waals surface area (Å²) in [5.74, 6) is 0.926. The Morgan fingerprint density at radius 2 is 1.82 bits per heavy atom. The van der Waals surface area contributed by atoms with Crippen LogP contribution in [0.4, 0.5) is 0 Å². The molecule has 3 nitrogen and oxygen atoms in total. The van der Waals surface area contributed by atoms with Gasteiger partial charge in [0.05, 0.1) is 16.2 Å². The van der Waals surface area contributed by atoms with Crippen LogP contribution in [0.2, 0.25) is 10.0 Å². The van der Waals surface area contributed by atoms with Crippen molar-refractivity contribution in [3.63, 3.8) is 0 Å². The second kappa shape index (κ2) is 6.59. The zero-order valence-corrected chi connectivity index (χ0v) is 13.4. The van der Waals surface area contributed by atoms with Gasteiger partial charge in [0, 0.05) is 11.8 Å². The van der Waals surface area contributed by atoms with Gasteiger partial charge in [-0.05, 0) is 43.9 Å². The van der Waals surface area contributed by atoms with Crippen LogP contribution in [0.5, 0.6) is 11.5 Å². The zero-order valence-electron chi connectivity index (χ0n) is 11.9. The minimum Gasteiger partial charge on any atom is -0.453 e. The molecule has 0 amide bonds. The van der Waals surface area contributed by atoms with Crippen LogP contribution in [-0.4, -0.2) is 4.57 Å². The summed E-state index contributed by atoms with van der Waals surface area (Å²) in [5.41, 5.74) is 0.956. The molecule has 1 heterocycles. The second-order valence-corrected chi connectivity index (χ2v) is 5.98. The van der Waals surface area contributed by atoms with E-state index < -0.39 is 0 Å². The fourth-order valence-electron chi connectivity index (χ4n) is 2.49. The smallest absolute Gasteiger partial charge is 0.255 e. The first-order valence-corrected chi connectivity index (χ1v) is 7.95. The van der Waals surface area contributed by atoms with E-state index in [4.69, 9.17) is 27.9 Å². The highest BCUT2D eigenvalue weighted by Gasteiger charge is 2.11. The summed E-state index contributed by atoms with van der Waals surface area (Å²) in [7, 11) is 0. The maximum absolute atomic E-state index is 12.1. The largest absolute Gasteiger partial charge is 0.453 e. The molecule has 1 aliphatic carbocycles. The second-order valence-electron chi connectivity index (χ2n) is 5.17. The Morgan fingerprint density at radius 3 is 2.50 bits per heavy atom. The lowest BCUT2D eigenvalue weighted by Crippen LogP contribution is -2.18. The lowest BCUT2D eigenvalue weighted by atomic mass is 10.0. The van der Waals surface area contributed by atoms with Gasteiger partial charge in [0.2, 0.25) is 0 Å².